The second kappa shape index (κ2) is 8.58. The summed E-state index contributed by atoms with van der Waals surface area (Å²) in [7, 11) is 4.39. The molecule has 0 amide bonds. The van der Waals surface area contributed by atoms with Crippen LogP contribution in [0.15, 0.2) is 72.9 Å². The Morgan fingerprint density at radius 2 is 1.45 bits per heavy atom. The highest BCUT2D eigenvalue weighted by atomic mass is 15.2. The van der Waals surface area contributed by atoms with Crippen LogP contribution in [0.3, 0.4) is 0 Å². The van der Waals surface area contributed by atoms with Crippen LogP contribution >= 0.6 is 0 Å². The fourth-order valence-electron chi connectivity index (χ4n) is 4.64. The molecule has 0 N–H and O–H groups in total. The van der Waals surface area contributed by atoms with E-state index in [-0.39, 0.29) is 0 Å². The van der Waals surface area contributed by atoms with Gasteiger partial charge in [-0.2, -0.15) is 0 Å². The van der Waals surface area contributed by atoms with Crippen LogP contribution in [0.5, 0.6) is 0 Å². The molecule has 0 aliphatic carbocycles. The molecule has 3 nitrogen and oxygen atoms in total. The summed E-state index contributed by atoms with van der Waals surface area (Å²) in [5.74, 6) is 2.12. The molecular weight excluding hydrogens is 378 g/mol. The molecular formula is C28H34N3+. The molecule has 160 valence electrons. The van der Waals surface area contributed by atoms with Crippen LogP contribution in [0.1, 0.15) is 56.2 Å². The molecule has 2 aromatic heterocycles. The fourth-order valence-corrected chi connectivity index (χ4v) is 4.64. The maximum absolute atomic E-state index is 2.38. The third-order valence-corrected chi connectivity index (χ3v) is 6.25. The van der Waals surface area contributed by atoms with Crippen LogP contribution in [-0.4, -0.2) is 11.6 Å². The lowest BCUT2D eigenvalue weighted by atomic mass is 9.92. The van der Waals surface area contributed by atoms with Crippen LogP contribution in [0.4, 0.5) is 11.5 Å². The predicted molar refractivity (Wildman–Crippen MR) is 131 cm³/mol. The second-order valence-corrected chi connectivity index (χ2v) is 9.11. The van der Waals surface area contributed by atoms with Gasteiger partial charge in [0.25, 0.3) is 0 Å². The first-order valence-corrected chi connectivity index (χ1v) is 11.3. The Bertz CT molecular complexity index is 1160. The van der Waals surface area contributed by atoms with E-state index in [0.717, 1.165) is 6.54 Å². The molecule has 4 aromatic rings. The maximum Gasteiger partial charge on any atom is 0.235 e. The Labute approximate surface area is 186 Å². The molecule has 3 heteroatoms. The van der Waals surface area contributed by atoms with Gasteiger partial charge >= 0.3 is 0 Å². The molecule has 4 rings (SSSR count). The van der Waals surface area contributed by atoms with Gasteiger partial charge in [-0.25, -0.2) is 4.57 Å². The van der Waals surface area contributed by atoms with E-state index in [9.17, 15) is 0 Å². The van der Waals surface area contributed by atoms with E-state index in [1.165, 1.54) is 39.2 Å². The SMILES string of the molecule is CC(C)c1cccc(C(C)C)c1N(C)c1ccc2ccn(Cc3ccccc3)c2[n+]1C. The quantitative estimate of drug-likeness (QED) is 0.328. The van der Waals surface area contributed by atoms with Gasteiger partial charge in [0.05, 0.1) is 32.2 Å². The highest BCUT2D eigenvalue weighted by Gasteiger charge is 2.24. The number of rotatable bonds is 6. The summed E-state index contributed by atoms with van der Waals surface area (Å²) in [5, 5.41) is 1.26. The van der Waals surface area contributed by atoms with Gasteiger partial charge in [0.2, 0.25) is 11.5 Å². The van der Waals surface area contributed by atoms with Crippen LogP contribution in [0.2, 0.25) is 0 Å². The average molecular weight is 413 g/mol. The molecule has 2 aromatic carbocycles. The zero-order valence-corrected chi connectivity index (χ0v) is 19.6. The molecule has 0 fully saturated rings. The summed E-state index contributed by atoms with van der Waals surface area (Å²) in [4.78, 5) is 2.38. The van der Waals surface area contributed by atoms with E-state index in [4.69, 9.17) is 0 Å². The Morgan fingerprint density at radius 1 is 0.806 bits per heavy atom. The molecule has 0 unspecified atom stereocenters. The van der Waals surface area contributed by atoms with E-state index in [1.807, 2.05) is 0 Å². The number of para-hydroxylation sites is 1. The summed E-state index contributed by atoms with van der Waals surface area (Å²) in [6.07, 6.45) is 2.20. The first kappa shape index (κ1) is 21.2. The molecule has 2 heterocycles. The van der Waals surface area contributed by atoms with Gasteiger partial charge in [0, 0.05) is 6.07 Å². The number of aryl methyl sites for hydroxylation is 1. The highest BCUT2D eigenvalue weighted by Crippen LogP contribution is 2.37. The number of pyridine rings is 1. The number of hydrogen-bond acceptors (Lipinski definition) is 1. The summed E-state index contributed by atoms with van der Waals surface area (Å²) in [6.45, 7) is 10.00. The number of hydrogen-bond donors (Lipinski definition) is 0. The van der Waals surface area contributed by atoms with Gasteiger partial charge in [-0.3, -0.25) is 9.47 Å². The van der Waals surface area contributed by atoms with E-state index in [1.54, 1.807) is 0 Å². The number of nitrogens with zero attached hydrogens (tertiary/aromatic N) is 3. The topological polar surface area (TPSA) is 12.1 Å². The van der Waals surface area contributed by atoms with E-state index in [2.05, 4.69) is 129 Å². The van der Waals surface area contributed by atoms with Crippen molar-refractivity contribution in [1.29, 1.82) is 0 Å². The predicted octanol–water partition coefficient (Wildman–Crippen LogP) is 6.53. The Hall–Kier alpha value is -3.07. The van der Waals surface area contributed by atoms with Crippen molar-refractivity contribution in [2.45, 2.75) is 46.1 Å². The summed E-state index contributed by atoms with van der Waals surface area (Å²) >= 11 is 0. The molecule has 0 radical (unpaired) electrons. The lowest BCUT2D eigenvalue weighted by Crippen LogP contribution is -2.38. The van der Waals surface area contributed by atoms with Crippen molar-refractivity contribution in [3.8, 4) is 0 Å². The molecule has 0 aliphatic rings. The van der Waals surface area contributed by atoms with Crippen molar-refractivity contribution in [2.24, 2.45) is 7.05 Å². The fraction of sp³-hybridized carbons (Fsp3) is 0.321. The van der Waals surface area contributed by atoms with E-state index >= 15 is 0 Å². The minimum Gasteiger partial charge on any atom is -0.262 e. The number of fused-ring (bicyclic) bond motifs is 1. The van der Waals surface area contributed by atoms with Crippen LogP contribution in [0, 0.1) is 0 Å². The van der Waals surface area contributed by atoms with Gasteiger partial charge in [-0.05, 0) is 40.7 Å². The van der Waals surface area contributed by atoms with Gasteiger partial charge in [0.15, 0.2) is 0 Å². The van der Waals surface area contributed by atoms with Gasteiger partial charge in [-0.15, -0.1) is 0 Å². The van der Waals surface area contributed by atoms with Crippen molar-refractivity contribution in [3.05, 3.63) is 89.6 Å². The normalized spacial score (nSPS) is 11.6. The lowest BCUT2D eigenvalue weighted by Gasteiger charge is -2.25. The maximum atomic E-state index is 2.38. The Kier molecular flexibility index (Phi) is 5.86. The molecule has 0 atom stereocenters. The van der Waals surface area contributed by atoms with E-state index in [0.29, 0.717) is 11.8 Å². The van der Waals surface area contributed by atoms with Gasteiger partial charge in [-0.1, -0.05) is 76.2 Å². The monoisotopic (exact) mass is 412 g/mol. The average Bonchev–Trinajstić information content (AvgIpc) is 3.17. The first-order valence-electron chi connectivity index (χ1n) is 11.3. The third-order valence-electron chi connectivity index (χ3n) is 6.25. The molecule has 0 aliphatic heterocycles. The summed E-state index contributed by atoms with van der Waals surface area (Å²) in [5.41, 5.74) is 6.68. The third kappa shape index (κ3) is 3.97. The number of benzene rings is 2. The van der Waals surface area contributed by atoms with Crippen LogP contribution in [0.25, 0.3) is 11.0 Å². The highest BCUT2D eigenvalue weighted by molar-refractivity contribution is 5.76. The van der Waals surface area contributed by atoms with Crippen molar-refractivity contribution < 1.29 is 4.57 Å². The summed E-state index contributed by atoms with van der Waals surface area (Å²) < 4.78 is 4.68. The molecule has 0 spiro atoms. The molecule has 0 saturated carbocycles. The van der Waals surface area contributed by atoms with Crippen molar-refractivity contribution in [1.82, 2.24) is 4.57 Å². The van der Waals surface area contributed by atoms with Gasteiger partial charge in [0.1, 0.15) is 5.69 Å². The van der Waals surface area contributed by atoms with Crippen molar-refractivity contribution in [3.63, 3.8) is 0 Å². The first-order chi connectivity index (χ1) is 14.9. The minimum absolute atomic E-state index is 0.465. The lowest BCUT2D eigenvalue weighted by molar-refractivity contribution is -0.634. The van der Waals surface area contributed by atoms with E-state index < -0.39 is 0 Å². The summed E-state index contributed by atoms with van der Waals surface area (Å²) in [6, 6.07) is 24.1. The van der Waals surface area contributed by atoms with Crippen molar-refractivity contribution >= 4 is 22.5 Å². The zero-order chi connectivity index (χ0) is 22.1. The second-order valence-electron chi connectivity index (χ2n) is 9.11. The number of aromatic nitrogens is 2. The Morgan fingerprint density at radius 3 is 2.06 bits per heavy atom. The van der Waals surface area contributed by atoms with Gasteiger partial charge < -0.3 is 0 Å². The standard InChI is InChI=1S/C28H34N3/c1-20(2)24-13-10-14-25(21(3)4)27(24)29(5)26-16-15-23-17-18-31(28(23)30(26)6)19-22-11-8-7-9-12-22/h7-18,20-21H,19H2,1-6H3/q+1. The zero-order valence-electron chi connectivity index (χ0n) is 19.6. The smallest absolute Gasteiger partial charge is 0.235 e. The largest absolute Gasteiger partial charge is 0.262 e. The molecule has 0 bridgehead atoms. The molecule has 0 saturated heterocycles. The van der Waals surface area contributed by atoms with Crippen molar-refractivity contribution in [2.75, 3.05) is 11.9 Å². The van der Waals surface area contributed by atoms with Crippen LogP contribution < -0.4 is 9.47 Å². The number of anilines is 2. The van der Waals surface area contributed by atoms with Crippen LogP contribution in [-0.2, 0) is 13.6 Å². The Balaban J connectivity index is 1.84. The minimum atomic E-state index is 0.465. The molecule has 31 heavy (non-hydrogen) atoms.